The van der Waals surface area contributed by atoms with E-state index in [0.717, 1.165) is 5.75 Å². The van der Waals surface area contributed by atoms with Crippen LogP contribution in [-0.2, 0) is 0 Å². The van der Waals surface area contributed by atoms with E-state index in [2.05, 4.69) is 5.32 Å². The lowest BCUT2D eigenvalue weighted by molar-refractivity contribution is 0.0885. The summed E-state index contributed by atoms with van der Waals surface area (Å²) in [6.45, 7) is 8.73. The van der Waals surface area contributed by atoms with Gasteiger partial charge in [0.2, 0.25) is 0 Å². The zero-order valence-electron chi connectivity index (χ0n) is 12.8. The Bertz CT molecular complexity index is 420. The second-order valence-electron chi connectivity index (χ2n) is 5.86. The van der Waals surface area contributed by atoms with Crippen molar-refractivity contribution in [1.82, 2.24) is 5.32 Å². The fourth-order valence-electron chi connectivity index (χ4n) is 1.96. The predicted molar refractivity (Wildman–Crippen MR) is 80.0 cm³/mol. The number of aliphatic hydroxyl groups is 1. The number of nitrogens with one attached hydrogen (secondary N) is 1. The fourth-order valence-corrected chi connectivity index (χ4v) is 1.96. The number of carbonyl (C=O) groups excluding carboxylic acids is 1. The smallest absolute Gasteiger partial charge is 0.251 e. The molecule has 0 aliphatic carbocycles. The van der Waals surface area contributed by atoms with Crippen LogP contribution in [0.5, 0.6) is 5.75 Å². The summed E-state index contributed by atoms with van der Waals surface area (Å²) in [5.74, 6) is 0.633. The first-order valence-corrected chi connectivity index (χ1v) is 7.03. The molecule has 0 aliphatic rings. The number of amides is 1. The quantitative estimate of drug-likeness (QED) is 0.841. The van der Waals surface area contributed by atoms with Gasteiger partial charge in [0.25, 0.3) is 5.91 Å². The highest BCUT2D eigenvalue weighted by Gasteiger charge is 2.25. The number of carbonyl (C=O) groups is 1. The van der Waals surface area contributed by atoms with Gasteiger partial charge in [-0.2, -0.15) is 0 Å². The van der Waals surface area contributed by atoms with E-state index in [-0.39, 0.29) is 24.0 Å². The lowest BCUT2D eigenvalue weighted by atomic mass is 9.85. The van der Waals surface area contributed by atoms with E-state index in [1.165, 1.54) is 0 Å². The summed E-state index contributed by atoms with van der Waals surface area (Å²) in [6, 6.07) is 7.01. The lowest BCUT2D eigenvalue weighted by Gasteiger charge is -2.31. The van der Waals surface area contributed by atoms with Crippen molar-refractivity contribution in [3.63, 3.8) is 0 Å². The Labute approximate surface area is 121 Å². The highest BCUT2D eigenvalue weighted by Crippen LogP contribution is 2.22. The Hall–Kier alpha value is -1.55. The summed E-state index contributed by atoms with van der Waals surface area (Å²) in [5.41, 5.74) is 0.504. The molecule has 1 atom stereocenters. The second kappa shape index (κ2) is 7.29. The average molecular weight is 279 g/mol. The monoisotopic (exact) mass is 279 g/mol. The molecule has 1 amide bonds. The Balaban J connectivity index is 2.73. The van der Waals surface area contributed by atoms with E-state index >= 15 is 0 Å². The third kappa shape index (κ3) is 4.85. The number of hydrogen-bond donors (Lipinski definition) is 2. The molecule has 0 fully saturated rings. The van der Waals surface area contributed by atoms with E-state index in [0.29, 0.717) is 18.6 Å². The van der Waals surface area contributed by atoms with Crippen LogP contribution < -0.4 is 10.1 Å². The van der Waals surface area contributed by atoms with E-state index < -0.39 is 0 Å². The first-order chi connectivity index (χ1) is 9.38. The molecule has 0 aliphatic heterocycles. The van der Waals surface area contributed by atoms with Gasteiger partial charge in [-0.15, -0.1) is 0 Å². The topological polar surface area (TPSA) is 58.6 Å². The summed E-state index contributed by atoms with van der Waals surface area (Å²) >= 11 is 0. The van der Waals surface area contributed by atoms with Gasteiger partial charge in [-0.05, 0) is 43.0 Å². The van der Waals surface area contributed by atoms with E-state index in [9.17, 15) is 4.79 Å². The zero-order valence-corrected chi connectivity index (χ0v) is 12.8. The van der Waals surface area contributed by atoms with Gasteiger partial charge in [-0.3, -0.25) is 4.79 Å². The molecule has 0 bridgehead atoms. The Morgan fingerprint density at radius 2 is 1.90 bits per heavy atom. The Morgan fingerprint density at radius 3 is 2.35 bits per heavy atom. The predicted octanol–water partition coefficient (Wildman–Crippen LogP) is 2.61. The molecule has 0 radical (unpaired) electrons. The van der Waals surface area contributed by atoms with Gasteiger partial charge in [0.15, 0.2) is 0 Å². The summed E-state index contributed by atoms with van der Waals surface area (Å²) in [6.07, 6.45) is 0.548. The molecule has 4 heteroatoms. The summed E-state index contributed by atoms with van der Waals surface area (Å²) < 4.78 is 5.35. The molecular weight excluding hydrogens is 254 g/mol. The first-order valence-electron chi connectivity index (χ1n) is 7.03. The largest absolute Gasteiger partial charge is 0.494 e. The van der Waals surface area contributed by atoms with E-state index in [1.54, 1.807) is 24.3 Å². The van der Waals surface area contributed by atoms with Crippen molar-refractivity contribution in [3.05, 3.63) is 29.8 Å². The normalized spacial score (nSPS) is 12.8. The van der Waals surface area contributed by atoms with Gasteiger partial charge < -0.3 is 15.2 Å². The first kappa shape index (κ1) is 16.5. The molecule has 1 aromatic carbocycles. The summed E-state index contributed by atoms with van der Waals surface area (Å²) in [7, 11) is 0. The third-order valence-electron chi connectivity index (χ3n) is 3.20. The van der Waals surface area contributed by atoms with Crippen LogP contribution in [0.2, 0.25) is 0 Å². The second-order valence-corrected chi connectivity index (χ2v) is 5.86. The van der Waals surface area contributed by atoms with Crippen molar-refractivity contribution in [1.29, 1.82) is 0 Å². The molecular formula is C16H25NO3. The van der Waals surface area contributed by atoms with Crippen molar-refractivity contribution in [2.45, 2.75) is 40.2 Å². The van der Waals surface area contributed by atoms with Gasteiger partial charge in [0.05, 0.1) is 6.61 Å². The van der Waals surface area contributed by atoms with Crippen LogP contribution in [0.1, 0.15) is 44.5 Å². The minimum Gasteiger partial charge on any atom is -0.494 e. The molecule has 1 rings (SSSR count). The molecule has 112 valence electrons. The third-order valence-corrected chi connectivity index (χ3v) is 3.20. The number of ether oxygens (including phenoxy) is 1. The van der Waals surface area contributed by atoms with Crippen LogP contribution in [0.25, 0.3) is 0 Å². The average Bonchev–Trinajstić information content (AvgIpc) is 2.38. The van der Waals surface area contributed by atoms with Crippen molar-refractivity contribution in [2.24, 2.45) is 5.41 Å². The molecule has 1 unspecified atom stereocenters. The van der Waals surface area contributed by atoms with Crippen molar-refractivity contribution in [3.8, 4) is 5.75 Å². The van der Waals surface area contributed by atoms with E-state index in [4.69, 9.17) is 9.84 Å². The maximum atomic E-state index is 12.2. The number of aliphatic hydroxyl groups excluding tert-OH is 1. The molecule has 4 nitrogen and oxygen atoms in total. The highest BCUT2D eigenvalue weighted by atomic mass is 16.5. The number of benzene rings is 1. The molecule has 0 heterocycles. The minimum absolute atomic E-state index is 0.0610. The molecule has 0 saturated heterocycles. The Kier molecular flexibility index (Phi) is 6.02. The van der Waals surface area contributed by atoms with Gasteiger partial charge in [0.1, 0.15) is 5.75 Å². The Morgan fingerprint density at radius 1 is 1.30 bits per heavy atom. The molecule has 0 saturated carbocycles. The van der Waals surface area contributed by atoms with Crippen molar-refractivity contribution >= 4 is 5.91 Å². The summed E-state index contributed by atoms with van der Waals surface area (Å²) in [5, 5.41) is 12.1. The minimum atomic E-state index is -0.124. The van der Waals surface area contributed by atoms with Crippen molar-refractivity contribution < 1.29 is 14.6 Å². The molecule has 20 heavy (non-hydrogen) atoms. The molecule has 0 aromatic heterocycles. The van der Waals surface area contributed by atoms with Crippen LogP contribution in [0.3, 0.4) is 0 Å². The number of rotatable bonds is 6. The van der Waals surface area contributed by atoms with Crippen LogP contribution in [0.4, 0.5) is 0 Å². The van der Waals surface area contributed by atoms with E-state index in [1.807, 2.05) is 27.7 Å². The van der Waals surface area contributed by atoms with Crippen LogP contribution in [0, 0.1) is 5.41 Å². The SMILES string of the molecule is CCOc1ccc(C(=O)NC(CCO)C(C)(C)C)cc1. The van der Waals surface area contributed by atoms with Gasteiger partial charge in [-0.25, -0.2) is 0 Å². The van der Waals surface area contributed by atoms with Gasteiger partial charge in [0, 0.05) is 18.2 Å². The van der Waals surface area contributed by atoms with Crippen LogP contribution in [-0.4, -0.2) is 30.3 Å². The maximum Gasteiger partial charge on any atom is 0.251 e. The van der Waals surface area contributed by atoms with Crippen LogP contribution >= 0.6 is 0 Å². The zero-order chi connectivity index (χ0) is 15.2. The number of hydrogen-bond acceptors (Lipinski definition) is 3. The molecule has 0 spiro atoms. The molecule has 1 aromatic rings. The van der Waals surface area contributed by atoms with Crippen LogP contribution in [0.15, 0.2) is 24.3 Å². The van der Waals surface area contributed by atoms with Gasteiger partial charge in [-0.1, -0.05) is 20.8 Å². The summed E-state index contributed by atoms with van der Waals surface area (Å²) in [4.78, 5) is 12.2. The standard InChI is InChI=1S/C16H25NO3/c1-5-20-13-8-6-12(7-9-13)15(19)17-14(10-11-18)16(2,3)4/h6-9,14,18H,5,10-11H2,1-4H3,(H,17,19). The molecule has 2 N–H and O–H groups in total. The lowest BCUT2D eigenvalue weighted by Crippen LogP contribution is -2.44. The fraction of sp³-hybridized carbons (Fsp3) is 0.562. The van der Waals surface area contributed by atoms with Gasteiger partial charge >= 0.3 is 0 Å². The maximum absolute atomic E-state index is 12.2. The highest BCUT2D eigenvalue weighted by molar-refractivity contribution is 5.94. The van der Waals surface area contributed by atoms with Crippen molar-refractivity contribution in [2.75, 3.05) is 13.2 Å².